The number of esters is 1. The molecule has 1 amide bonds. The minimum absolute atomic E-state index is 0.0669. The Labute approximate surface area is 205 Å². The average molecular weight is 505 g/mol. The molecule has 35 heavy (non-hydrogen) atoms. The van der Waals surface area contributed by atoms with Crippen molar-refractivity contribution >= 4 is 37.4 Å². The Morgan fingerprint density at radius 3 is 2.26 bits per heavy atom. The third-order valence-electron chi connectivity index (χ3n) is 6.79. The zero-order chi connectivity index (χ0) is 26.7. The summed E-state index contributed by atoms with van der Waals surface area (Å²) < 4.78 is 11.4. The molecule has 0 radical (unpaired) electrons. The molecule has 1 N–H and O–H groups in total. The number of hydrogen-bond donors (Lipinski definition) is 1. The summed E-state index contributed by atoms with van der Waals surface area (Å²) in [6.07, 6.45) is -0.450. The molecule has 1 saturated heterocycles. The van der Waals surface area contributed by atoms with Crippen molar-refractivity contribution in [1.29, 1.82) is 0 Å². The summed E-state index contributed by atoms with van der Waals surface area (Å²) in [7, 11) is -2.17. The van der Waals surface area contributed by atoms with Crippen LogP contribution in [0.4, 0.5) is 5.69 Å². The van der Waals surface area contributed by atoms with Gasteiger partial charge in [-0.25, -0.2) is 4.79 Å². The first kappa shape index (κ1) is 28.0. The van der Waals surface area contributed by atoms with E-state index in [2.05, 4.69) is 44.0 Å². The van der Waals surface area contributed by atoms with Gasteiger partial charge in [-0.1, -0.05) is 27.7 Å². The summed E-state index contributed by atoms with van der Waals surface area (Å²) in [6.45, 7) is 13.5. The largest absolute Gasteiger partial charge is 0.452 e. The molecule has 0 spiro atoms. The van der Waals surface area contributed by atoms with Gasteiger partial charge in [0.2, 0.25) is 5.91 Å². The summed E-state index contributed by atoms with van der Waals surface area (Å²) in [6, 6.07) is 4.72. The number of carbonyl (C=O) groups excluding carboxylic acids is 3. The molecular weight excluding hydrogens is 472 g/mol. The Bertz CT molecular complexity index is 1060. The number of benzene rings is 1. The summed E-state index contributed by atoms with van der Waals surface area (Å²) in [4.78, 5) is 50.7. The SMILES string of the molecule is C[C@@H](O[Si](C)(C)C(C)(C)C)C1C(=O)N[C@@H]1[C@@H](C)C(=O)C(=[N+]=[N-])C(=O)OCc1ccc([N+](=O)[O-])cc1. The summed E-state index contributed by atoms with van der Waals surface area (Å²) >= 11 is 0. The second-order valence-corrected chi connectivity index (χ2v) is 15.0. The van der Waals surface area contributed by atoms with Crippen molar-refractivity contribution in [2.24, 2.45) is 11.8 Å². The maximum Gasteiger partial charge on any atom is 0.441 e. The second-order valence-electron chi connectivity index (χ2n) is 10.2. The lowest BCUT2D eigenvalue weighted by atomic mass is 9.76. The van der Waals surface area contributed by atoms with Crippen LogP contribution in [0.15, 0.2) is 24.3 Å². The van der Waals surface area contributed by atoms with Crippen LogP contribution in [0.1, 0.15) is 40.2 Å². The van der Waals surface area contributed by atoms with Crippen LogP contribution in [0, 0.1) is 22.0 Å². The number of nitro benzene ring substituents is 1. The van der Waals surface area contributed by atoms with Crippen molar-refractivity contribution in [2.75, 3.05) is 0 Å². The first-order chi connectivity index (χ1) is 16.1. The van der Waals surface area contributed by atoms with Gasteiger partial charge in [0.15, 0.2) is 8.32 Å². The highest BCUT2D eigenvalue weighted by atomic mass is 28.4. The van der Waals surface area contributed by atoms with E-state index >= 15 is 0 Å². The van der Waals surface area contributed by atoms with Gasteiger partial charge in [0.25, 0.3) is 11.5 Å². The van der Waals surface area contributed by atoms with Crippen molar-refractivity contribution in [3.05, 3.63) is 45.5 Å². The monoisotopic (exact) mass is 504 g/mol. The van der Waals surface area contributed by atoms with Crippen LogP contribution in [-0.4, -0.2) is 53.5 Å². The van der Waals surface area contributed by atoms with E-state index in [-0.39, 0.29) is 23.2 Å². The molecule has 0 aliphatic carbocycles. The fourth-order valence-corrected chi connectivity index (χ4v) is 5.00. The average Bonchev–Trinajstić information content (AvgIpc) is 2.74. The lowest BCUT2D eigenvalue weighted by molar-refractivity contribution is -0.384. The number of β-lactam (4-membered cyclic amide) rings is 1. The van der Waals surface area contributed by atoms with Crippen LogP contribution in [0.5, 0.6) is 0 Å². The summed E-state index contributed by atoms with van der Waals surface area (Å²) in [5.74, 6) is -3.64. The van der Waals surface area contributed by atoms with Crippen molar-refractivity contribution in [3.8, 4) is 0 Å². The molecule has 1 aliphatic heterocycles. The van der Waals surface area contributed by atoms with Crippen LogP contribution in [-0.2, 0) is 30.2 Å². The highest BCUT2D eigenvalue weighted by Gasteiger charge is 2.52. The number of nitrogens with one attached hydrogen (secondary N) is 1. The molecule has 190 valence electrons. The maximum atomic E-state index is 13.0. The number of ether oxygens (including phenoxy) is 1. The number of nitro groups is 1. The molecule has 1 fully saturated rings. The number of Topliss-reactive ketones (excluding diaryl/α,β-unsaturated/α-hetero) is 1. The van der Waals surface area contributed by atoms with Gasteiger partial charge in [-0.2, -0.15) is 4.79 Å². The molecular formula is C23H32N4O7Si. The van der Waals surface area contributed by atoms with E-state index in [4.69, 9.17) is 9.16 Å². The molecule has 1 aromatic carbocycles. The number of ketones is 1. The van der Waals surface area contributed by atoms with Crippen molar-refractivity contribution in [2.45, 2.75) is 71.5 Å². The van der Waals surface area contributed by atoms with E-state index in [1.165, 1.54) is 31.2 Å². The predicted molar refractivity (Wildman–Crippen MR) is 129 cm³/mol. The molecule has 1 aromatic rings. The molecule has 1 unspecified atom stereocenters. The Morgan fingerprint density at radius 2 is 1.80 bits per heavy atom. The molecule has 1 heterocycles. The van der Waals surface area contributed by atoms with Gasteiger partial charge in [0.1, 0.15) is 6.61 Å². The Hall–Kier alpha value is -3.21. The minimum atomic E-state index is -2.17. The van der Waals surface area contributed by atoms with Gasteiger partial charge >= 0.3 is 11.7 Å². The highest BCUT2D eigenvalue weighted by molar-refractivity contribution is 6.74. The van der Waals surface area contributed by atoms with Gasteiger partial charge in [0, 0.05) is 18.1 Å². The van der Waals surface area contributed by atoms with Crippen molar-refractivity contribution in [3.63, 3.8) is 0 Å². The Kier molecular flexibility index (Phi) is 8.48. The molecule has 0 saturated carbocycles. The number of carbonyl (C=O) groups is 3. The molecule has 12 heteroatoms. The van der Waals surface area contributed by atoms with E-state index in [0.717, 1.165) is 0 Å². The smallest absolute Gasteiger partial charge is 0.441 e. The van der Waals surface area contributed by atoms with E-state index < -0.39 is 54.7 Å². The number of amides is 1. The van der Waals surface area contributed by atoms with E-state index in [9.17, 15) is 30.0 Å². The van der Waals surface area contributed by atoms with Gasteiger partial charge in [0.05, 0.1) is 23.0 Å². The van der Waals surface area contributed by atoms with Crippen molar-refractivity contribution < 1.29 is 33.3 Å². The zero-order valence-electron chi connectivity index (χ0n) is 21.0. The van der Waals surface area contributed by atoms with Gasteiger partial charge in [-0.05, 0) is 42.8 Å². The molecule has 0 aromatic heterocycles. The Balaban J connectivity index is 2.05. The van der Waals surface area contributed by atoms with Gasteiger partial charge < -0.3 is 20.0 Å². The fourth-order valence-electron chi connectivity index (χ4n) is 3.57. The molecule has 2 rings (SSSR count). The van der Waals surface area contributed by atoms with Crippen LogP contribution in [0.25, 0.3) is 5.53 Å². The summed E-state index contributed by atoms with van der Waals surface area (Å²) in [5, 5.41) is 13.4. The lowest BCUT2D eigenvalue weighted by Gasteiger charge is -2.46. The predicted octanol–water partition coefficient (Wildman–Crippen LogP) is 3.04. The number of nitrogens with zero attached hydrogens (tertiary/aromatic N) is 3. The second kappa shape index (κ2) is 10.6. The van der Waals surface area contributed by atoms with E-state index in [0.29, 0.717) is 5.56 Å². The quantitative estimate of drug-likeness (QED) is 0.0589. The fraction of sp³-hybridized carbons (Fsp3) is 0.565. The topological polar surface area (TPSA) is 161 Å². The number of hydrogen-bond acceptors (Lipinski definition) is 7. The normalized spacial score (nSPS) is 19.5. The third kappa shape index (κ3) is 6.27. The standard InChI is InChI=1S/C23H32N4O7Si/c1-13(18-17(21(29)25-18)14(2)34-35(6,7)23(3,4)5)20(28)19(26-24)22(30)33-12-15-8-10-16(11-9-15)27(31)32/h8-11,13-14,17-18H,12H2,1-7H3,(H,25,29)/t13-,14-,17?,18-/m1/s1. The highest BCUT2D eigenvalue weighted by Crippen LogP contribution is 2.39. The van der Waals surface area contributed by atoms with Gasteiger partial charge in [-0.15, -0.1) is 0 Å². The van der Waals surface area contributed by atoms with Crippen LogP contribution >= 0.6 is 0 Å². The van der Waals surface area contributed by atoms with Crippen LogP contribution < -0.4 is 5.32 Å². The van der Waals surface area contributed by atoms with E-state index in [1.807, 2.05) is 0 Å². The maximum absolute atomic E-state index is 13.0. The van der Waals surface area contributed by atoms with Gasteiger partial charge in [-0.3, -0.25) is 19.7 Å². The molecule has 4 atom stereocenters. The molecule has 0 bridgehead atoms. The van der Waals surface area contributed by atoms with Crippen LogP contribution in [0.2, 0.25) is 18.1 Å². The minimum Gasteiger partial charge on any atom is -0.452 e. The molecule has 11 nitrogen and oxygen atoms in total. The van der Waals surface area contributed by atoms with Crippen molar-refractivity contribution in [1.82, 2.24) is 5.32 Å². The van der Waals surface area contributed by atoms with Crippen LogP contribution in [0.3, 0.4) is 0 Å². The number of rotatable bonds is 10. The lowest BCUT2D eigenvalue weighted by Crippen LogP contribution is -2.67. The Morgan fingerprint density at radius 1 is 1.23 bits per heavy atom. The first-order valence-corrected chi connectivity index (χ1v) is 14.2. The third-order valence-corrected chi connectivity index (χ3v) is 11.4. The molecule has 1 aliphatic rings. The number of non-ortho nitro benzene ring substituents is 1. The van der Waals surface area contributed by atoms with E-state index in [1.54, 1.807) is 6.92 Å². The summed E-state index contributed by atoms with van der Waals surface area (Å²) in [5.41, 5.74) is 8.87. The first-order valence-electron chi connectivity index (χ1n) is 11.3. The zero-order valence-corrected chi connectivity index (χ0v) is 22.0.